The minimum atomic E-state index is -0.842. The number of ether oxygens (including phenoxy) is 1. The monoisotopic (exact) mass is 826 g/mol. The molecule has 0 saturated carbocycles. The van der Waals surface area contributed by atoms with E-state index in [1.54, 1.807) is 50.6 Å². The molecule has 1 saturated heterocycles. The van der Waals surface area contributed by atoms with Gasteiger partial charge in [-0.05, 0) is 78.5 Å². The zero-order valence-electron chi connectivity index (χ0n) is 37.4. The molecule has 0 aromatic heterocycles. The van der Waals surface area contributed by atoms with Crippen molar-refractivity contribution in [3.63, 3.8) is 0 Å². The molecule has 3 rings (SSSR count). The fraction of sp³-hybridized carbons (Fsp3) is 0.556. The summed E-state index contributed by atoms with van der Waals surface area (Å²) in [5, 5.41) is 11.0. The number of carbonyl (C=O) groups excluding carboxylic acids is 8. The topological polar surface area (TPSA) is 197 Å². The SMILES string of the molecule is C=O.CC.CCCC(NC(=O)C1CCCN1C(=O)C(NC(=O)c1ccccc1C(C)=O)[C@H](C)CC)C(C)=O.CNCC(=O)NC(C=O)c1ccccc1.COC(C)(C)C. The number of nitrogens with zero attached hydrogens (tertiary/aromatic N) is 1. The van der Waals surface area contributed by atoms with Crippen molar-refractivity contribution in [1.29, 1.82) is 0 Å². The average Bonchev–Trinajstić information content (AvgIpc) is 3.74. The van der Waals surface area contributed by atoms with Gasteiger partial charge in [0, 0.05) is 19.2 Å². The predicted molar refractivity (Wildman–Crippen MR) is 232 cm³/mol. The lowest BCUT2D eigenvalue weighted by Crippen LogP contribution is -2.56. The zero-order chi connectivity index (χ0) is 45.7. The van der Waals surface area contributed by atoms with Gasteiger partial charge in [0.25, 0.3) is 5.91 Å². The molecule has 2 aromatic rings. The van der Waals surface area contributed by atoms with Crippen LogP contribution in [0.3, 0.4) is 0 Å². The molecule has 0 spiro atoms. The maximum Gasteiger partial charge on any atom is 0.252 e. The Balaban J connectivity index is 0. The van der Waals surface area contributed by atoms with Crippen molar-refractivity contribution in [2.45, 2.75) is 131 Å². The molecule has 5 atom stereocenters. The molecule has 0 radical (unpaired) electrons. The van der Waals surface area contributed by atoms with Gasteiger partial charge in [-0.1, -0.05) is 96.0 Å². The first-order chi connectivity index (χ1) is 28.0. The van der Waals surface area contributed by atoms with E-state index in [9.17, 15) is 33.6 Å². The second-order valence-electron chi connectivity index (χ2n) is 14.5. The standard InChI is InChI=1S/C26H37N3O5.C11H14N2O2.C5H12O.C2H6.CH2O/c1-6-11-21(18(5)31)27-25(33)22-14-10-15-29(22)26(34)23(16(3)7-2)28-24(32)20-13-9-8-12-19(20)17(4)30;1-12-7-11(15)13-10(8-14)9-5-3-2-4-6-9;1-5(2,3)6-4;2*1-2/h8-9,12-13,16,21-23H,6-7,10-11,14-15H2,1-5H3,(H,27,33)(H,28,32);2-6,8,10,12H,7H2,1H3,(H,13,15);1-4H3;1-2H3;1H2/t16-,21?,22?,23?;;;;/m1..../s1. The highest BCUT2D eigenvalue weighted by Gasteiger charge is 2.40. The van der Waals surface area contributed by atoms with Crippen LogP contribution >= 0.6 is 0 Å². The second-order valence-corrected chi connectivity index (χ2v) is 14.5. The first kappa shape index (κ1) is 56.0. The van der Waals surface area contributed by atoms with Crippen molar-refractivity contribution in [3.05, 3.63) is 71.3 Å². The van der Waals surface area contributed by atoms with Crippen molar-refractivity contribution < 1.29 is 43.1 Å². The van der Waals surface area contributed by atoms with Gasteiger partial charge < -0.3 is 40.5 Å². The Kier molecular flexibility index (Phi) is 29.4. The smallest absolute Gasteiger partial charge is 0.252 e. The number of Topliss-reactive ketones (excluding diaryl/α,β-unsaturated/α-hetero) is 2. The number of hydrogen-bond acceptors (Lipinski definition) is 10. The van der Waals surface area contributed by atoms with Gasteiger partial charge in [-0.2, -0.15) is 0 Å². The Morgan fingerprint density at radius 3 is 1.90 bits per heavy atom. The zero-order valence-corrected chi connectivity index (χ0v) is 37.4. The van der Waals surface area contributed by atoms with E-state index in [4.69, 9.17) is 9.53 Å². The third-order valence-corrected chi connectivity index (χ3v) is 9.10. The number of benzene rings is 2. The summed E-state index contributed by atoms with van der Waals surface area (Å²) in [4.78, 5) is 95.1. The summed E-state index contributed by atoms with van der Waals surface area (Å²) in [7, 11) is 3.39. The predicted octanol–water partition coefficient (Wildman–Crippen LogP) is 5.43. The van der Waals surface area contributed by atoms with Crippen molar-refractivity contribution >= 4 is 48.3 Å². The van der Waals surface area contributed by atoms with Crippen LogP contribution in [-0.4, -0.2) is 104 Å². The number of carbonyl (C=O) groups is 8. The Hall–Kier alpha value is -5.08. The van der Waals surface area contributed by atoms with Crippen molar-refractivity contribution in [1.82, 2.24) is 26.2 Å². The quantitative estimate of drug-likeness (QED) is 0.125. The van der Waals surface area contributed by atoms with Gasteiger partial charge in [0.15, 0.2) is 11.6 Å². The molecule has 14 nitrogen and oxygen atoms in total. The highest BCUT2D eigenvalue weighted by Crippen LogP contribution is 2.23. The molecule has 59 heavy (non-hydrogen) atoms. The Labute approximate surface area is 352 Å². The maximum atomic E-state index is 13.6. The number of amides is 4. The lowest BCUT2D eigenvalue weighted by molar-refractivity contribution is -0.141. The van der Waals surface area contributed by atoms with Crippen LogP contribution in [0.5, 0.6) is 0 Å². The van der Waals surface area contributed by atoms with E-state index in [1.807, 2.05) is 80.4 Å². The molecule has 0 bridgehead atoms. The van der Waals surface area contributed by atoms with E-state index in [0.717, 1.165) is 18.3 Å². The molecule has 2 aromatic carbocycles. The van der Waals surface area contributed by atoms with E-state index >= 15 is 0 Å². The molecule has 1 heterocycles. The lowest BCUT2D eigenvalue weighted by Gasteiger charge is -2.32. The van der Waals surface area contributed by atoms with Crippen LogP contribution in [0.2, 0.25) is 0 Å². The Morgan fingerprint density at radius 2 is 1.44 bits per heavy atom. The largest absolute Gasteiger partial charge is 0.379 e. The molecular formula is C45H71N5O9. The number of methoxy groups -OCH3 is 1. The summed E-state index contributed by atoms with van der Waals surface area (Å²) in [6.45, 7) is 21.3. The van der Waals surface area contributed by atoms with Crippen molar-refractivity contribution in [2.75, 3.05) is 27.2 Å². The molecule has 1 aliphatic heterocycles. The number of aldehydes is 1. The Morgan fingerprint density at radius 1 is 0.898 bits per heavy atom. The summed E-state index contributed by atoms with van der Waals surface area (Å²) in [6, 6.07) is 13.0. The van der Waals surface area contributed by atoms with Gasteiger partial charge in [0.1, 0.15) is 31.2 Å². The summed E-state index contributed by atoms with van der Waals surface area (Å²) >= 11 is 0. The minimum absolute atomic E-state index is 0.0417. The van der Waals surface area contributed by atoms with Crippen LogP contribution < -0.4 is 21.3 Å². The third-order valence-electron chi connectivity index (χ3n) is 9.10. The van der Waals surface area contributed by atoms with Crippen molar-refractivity contribution in [2.24, 2.45) is 5.92 Å². The number of ketones is 2. The number of hydrogen-bond donors (Lipinski definition) is 4. The molecule has 1 aliphatic rings. The molecule has 14 heteroatoms. The van der Waals surface area contributed by atoms with Crippen LogP contribution in [0.15, 0.2) is 54.6 Å². The Bertz CT molecular complexity index is 1580. The molecule has 4 amide bonds. The molecule has 1 fully saturated rings. The molecule has 0 aliphatic carbocycles. The van der Waals surface area contributed by atoms with Crippen LogP contribution in [0.4, 0.5) is 0 Å². The highest BCUT2D eigenvalue weighted by molar-refractivity contribution is 6.08. The van der Waals surface area contributed by atoms with Gasteiger partial charge in [0.05, 0.1) is 23.8 Å². The van der Waals surface area contributed by atoms with Gasteiger partial charge in [-0.3, -0.25) is 28.8 Å². The van der Waals surface area contributed by atoms with Crippen LogP contribution in [0.1, 0.15) is 134 Å². The number of rotatable bonds is 16. The first-order valence-corrected chi connectivity index (χ1v) is 20.3. The van der Waals surface area contributed by atoms with E-state index < -0.39 is 30.1 Å². The third kappa shape index (κ3) is 21.0. The van der Waals surface area contributed by atoms with E-state index in [2.05, 4.69) is 21.3 Å². The van der Waals surface area contributed by atoms with Crippen LogP contribution in [0, 0.1) is 5.92 Å². The number of nitrogens with one attached hydrogen (secondary N) is 4. The lowest BCUT2D eigenvalue weighted by atomic mass is 9.96. The van der Waals surface area contributed by atoms with Crippen LogP contribution in [-0.2, 0) is 33.5 Å². The van der Waals surface area contributed by atoms with E-state index in [0.29, 0.717) is 37.8 Å². The van der Waals surface area contributed by atoms with Gasteiger partial charge in [-0.25, -0.2) is 0 Å². The summed E-state index contributed by atoms with van der Waals surface area (Å²) < 4.78 is 4.94. The van der Waals surface area contributed by atoms with Gasteiger partial charge in [0.2, 0.25) is 17.7 Å². The highest BCUT2D eigenvalue weighted by atomic mass is 16.5. The fourth-order valence-corrected chi connectivity index (χ4v) is 5.55. The molecule has 330 valence electrons. The summed E-state index contributed by atoms with van der Waals surface area (Å²) in [6.07, 6.45) is 3.82. The summed E-state index contributed by atoms with van der Waals surface area (Å²) in [5.41, 5.74) is 1.34. The molecular weight excluding hydrogens is 755 g/mol. The number of likely N-dealkylation sites (tertiary alicyclic amines) is 1. The maximum absolute atomic E-state index is 13.6. The minimum Gasteiger partial charge on any atom is -0.379 e. The average molecular weight is 826 g/mol. The first-order valence-electron chi connectivity index (χ1n) is 20.3. The number of likely N-dealkylation sites (N-methyl/N-ethyl adjacent to an activating group) is 1. The molecule has 4 N–H and O–H groups in total. The van der Waals surface area contributed by atoms with Gasteiger partial charge in [-0.15, -0.1) is 0 Å². The van der Waals surface area contributed by atoms with Crippen molar-refractivity contribution in [3.8, 4) is 0 Å². The van der Waals surface area contributed by atoms with E-state index in [1.165, 1.54) is 18.7 Å². The van der Waals surface area contributed by atoms with Gasteiger partial charge >= 0.3 is 0 Å². The fourth-order valence-electron chi connectivity index (χ4n) is 5.55. The van der Waals surface area contributed by atoms with Crippen LogP contribution in [0.25, 0.3) is 0 Å². The second kappa shape index (κ2) is 30.9. The summed E-state index contributed by atoms with van der Waals surface area (Å²) in [5.74, 6) is -1.88. The van der Waals surface area contributed by atoms with E-state index in [-0.39, 0.29) is 52.9 Å². The molecule has 4 unspecified atom stereocenters. The normalized spacial score (nSPS) is 14.8.